The maximum atomic E-state index is 7.11. The van der Waals surface area contributed by atoms with Gasteiger partial charge < -0.3 is 5.73 Å². The molecule has 1 aliphatic rings. The van der Waals surface area contributed by atoms with Crippen molar-refractivity contribution in [3.8, 4) is 0 Å². The van der Waals surface area contributed by atoms with Crippen molar-refractivity contribution in [3.63, 3.8) is 0 Å². The Morgan fingerprint density at radius 3 is 3.08 bits per heavy atom. The summed E-state index contributed by atoms with van der Waals surface area (Å²) in [4.78, 5) is 4.41. The summed E-state index contributed by atoms with van der Waals surface area (Å²) in [6.45, 7) is 0. The van der Waals surface area contributed by atoms with Gasteiger partial charge in [0.05, 0.1) is 16.5 Å². The minimum absolute atomic E-state index is 0.197. The standard InChI is InChI=1S/C8H11N3S/c9-7(10)3-6-4-12-8(11-6)5-1-2-5/h4-5H,1-3H2,(H3,9,10). The number of rotatable bonds is 3. The van der Waals surface area contributed by atoms with Gasteiger partial charge in [0.25, 0.3) is 0 Å². The molecule has 12 heavy (non-hydrogen) atoms. The minimum Gasteiger partial charge on any atom is -0.387 e. The molecule has 1 aromatic heterocycles. The third kappa shape index (κ3) is 1.64. The van der Waals surface area contributed by atoms with Crippen LogP contribution in [0.4, 0.5) is 0 Å². The van der Waals surface area contributed by atoms with Crippen LogP contribution in [-0.4, -0.2) is 10.8 Å². The van der Waals surface area contributed by atoms with Crippen molar-refractivity contribution in [1.29, 1.82) is 5.41 Å². The van der Waals surface area contributed by atoms with Gasteiger partial charge in [-0.3, -0.25) is 5.41 Å². The molecule has 1 heterocycles. The average molecular weight is 181 g/mol. The first-order valence-corrected chi connectivity index (χ1v) is 4.91. The third-order valence-electron chi connectivity index (χ3n) is 1.87. The molecule has 64 valence electrons. The Morgan fingerprint density at radius 1 is 1.75 bits per heavy atom. The first-order valence-electron chi connectivity index (χ1n) is 4.03. The van der Waals surface area contributed by atoms with Gasteiger partial charge in [-0.2, -0.15) is 0 Å². The van der Waals surface area contributed by atoms with Gasteiger partial charge in [-0.15, -0.1) is 11.3 Å². The van der Waals surface area contributed by atoms with Gasteiger partial charge in [-0.25, -0.2) is 4.98 Å². The fourth-order valence-electron chi connectivity index (χ4n) is 1.12. The van der Waals surface area contributed by atoms with E-state index in [1.54, 1.807) is 11.3 Å². The second-order valence-electron chi connectivity index (χ2n) is 3.15. The fourth-order valence-corrected chi connectivity index (χ4v) is 2.11. The number of aromatic nitrogens is 1. The van der Waals surface area contributed by atoms with Crippen molar-refractivity contribution in [3.05, 3.63) is 16.1 Å². The predicted octanol–water partition coefficient (Wildman–Crippen LogP) is 1.50. The highest BCUT2D eigenvalue weighted by Crippen LogP contribution is 2.41. The molecule has 1 saturated carbocycles. The van der Waals surface area contributed by atoms with Gasteiger partial charge in [0.1, 0.15) is 0 Å². The van der Waals surface area contributed by atoms with Crippen LogP contribution in [0.3, 0.4) is 0 Å². The van der Waals surface area contributed by atoms with Crippen LogP contribution >= 0.6 is 11.3 Å². The summed E-state index contributed by atoms with van der Waals surface area (Å²) in [5, 5.41) is 10.3. The van der Waals surface area contributed by atoms with Crippen molar-refractivity contribution in [1.82, 2.24) is 4.98 Å². The van der Waals surface area contributed by atoms with Crippen LogP contribution in [-0.2, 0) is 6.42 Å². The zero-order valence-corrected chi connectivity index (χ0v) is 7.53. The number of thiazole rings is 1. The van der Waals surface area contributed by atoms with E-state index in [0.717, 1.165) is 11.6 Å². The van der Waals surface area contributed by atoms with Crippen molar-refractivity contribution in [2.75, 3.05) is 0 Å². The quantitative estimate of drug-likeness (QED) is 0.548. The van der Waals surface area contributed by atoms with E-state index in [1.165, 1.54) is 17.8 Å². The summed E-state index contributed by atoms with van der Waals surface area (Å²) in [6, 6.07) is 0. The molecule has 3 N–H and O–H groups in total. The zero-order chi connectivity index (χ0) is 8.55. The highest BCUT2D eigenvalue weighted by atomic mass is 32.1. The van der Waals surface area contributed by atoms with Crippen molar-refractivity contribution < 1.29 is 0 Å². The Balaban J connectivity index is 2.07. The molecular weight excluding hydrogens is 170 g/mol. The number of hydrogen-bond acceptors (Lipinski definition) is 3. The third-order valence-corrected chi connectivity index (χ3v) is 2.92. The van der Waals surface area contributed by atoms with Crippen LogP contribution in [0.25, 0.3) is 0 Å². The largest absolute Gasteiger partial charge is 0.387 e. The van der Waals surface area contributed by atoms with Crippen molar-refractivity contribution in [2.24, 2.45) is 5.73 Å². The molecule has 0 bridgehead atoms. The second kappa shape index (κ2) is 2.86. The van der Waals surface area contributed by atoms with E-state index in [4.69, 9.17) is 11.1 Å². The van der Waals surface area contributed by atoms with Gasteiger partial charge >= 0.3 is 0 Å². The van der Waals surface area contributed by atoms with E-state index < -0.39 is 0 Å². The van der Waals surface area contributed by atoms with E-state index in [9.17, 15) is 0 Å². The van der Waals surface area contributed by atoms with Crippen LogP contribution in [0.1, 0.15) is 29.5 Å². The first kappa shape index (κ1) is 7.73. The lowest BCUT2D eigenvalue weighted by molar-refractivity contribution is 1.03. The van der Waals surface area contributed by atoms with Crippen LogP contribution in [0.5, 0.6) is 0 Å². The lowest BCUT2D eigenvalue weighted by Crippen LogP contribution is -2.12. The maximum absolute atomic E-state index is 7.11. The van der Waals surface area contributed by atoms with Crippen LogP contribution in [0.15, 0.2) is 5.38 Å². The second-order valence-corrected chi connectivity index (χ2v) is 4.04. The molecule has 0 amide bonds. The number of amidine groups is 1. The van der Waals surface area contributed by atoms with Crippen LogP contribution in [0.2, 0.25) is 0 Å². The van der Waals surface area contributed by atoms with E-state index in [0.29, 0.717) is 6.42 Å². The molecule has 0 unspecified atom stereocenters. The summed E-state index contributed by atoms with van der Waals surface area (Å²) >= 11 is 1.70. The van der Waals surface area contributed by atoms with Crippen LogP contribution in [0, 0.1) is 5.41 Å². The molecule has 1 aromatic rings. The van der Waals surface area contributed by atoms with Gasteiger partial charge in [0, 0.05) is 17.7 Å². The monoisotopic (exact) mass is 181 g/mol. The van der Waals surface area contributed by atoms with Gasteiger partial charge in [0.15, 0.2) is 0 Å². The zero-order valence-electron chi connectivity index (χ0n) is 6.71. The van der Waals surface area contributed by atoms with E-state index >= 15 is 0 Å². The summed E-state index contributed by atoms with van der Waals surface area (Å²) in [7, 11) is 0. The Bertz CT molecular complexity index is 301. The topological polar surface area (TPSA) is 62.8 Å². The summed E-state index contributed by atoms with van der Waals surface area (Å²) in [5.41, 5.74) is 6.23. The smallest absolute Gasteiger partial charge is 0.0966 e. The van der Waals surface area contributed by atoms with E-state index in [1.807, 2.05) is 5.38 Å². The molecule has 0 spiro atoms. The number of nitrogens with zero attached hydrogens (tertiary/aromatic N) is 1. The molecule has 4 heteroatoms. The Morgan fingerprint density at radius 2 is 2.50 bits per heavy atom. The highest BCUT2D eigenvalue weighted by Gasteiger charge is 2.26. The molecular formula is C8H11N3S. The number of nitrogens with one attached hydrogen (secondary N) is 1. The maximum Gasteiger partial charge on any atom is 0.0966 e. The molecule has 2 rings (SSSR count). The predicted molar refractivity (Wildman–Crippen MR) is 49.7 cm³/mol. The Labute approximate surface area is 75.1 Å². The number of hydrogen-bond donors (Lipinski definition) is 2. The first-order chi connectivity index (χ1) is 5.75. The lowest BCUT2D eigenvalue weighted by Gasteiger charge is -1.91. The molecule has 1 aliphatic carbocycles. The molecule has 0 atom stereocenters. The summed E-state index contributed by atoms with van der Waals surface area (Å²) < 4.78 is 0. The molecule has 0 aromatic carbocycles. The Hall–Kier alpha value is -0.900. The number of nitrogens with two attached hydrogens (primary N) is 1. The van der Waals surface area contributed by atoms with Crippen molar-refractivity contribution in [2.45, 2.75) is 25.2 Å². The summed E-state index contributed by atoms with van der Waals surface area (Å²) in [5.74, 6) is 0.915. The van der Waals surface area contributed by atoms with Gasteiger partial charge in [0.2, 0.25) is 0 Å². The summed E-state index contributed by atoms with van der Waals surface area (Å²) in [6.07, 6.45) is 3.07. The van der Waals surface area contributed by atoms with E-state index in [2.05, 4.69) is 4.98 Å². The van der Waals surface area contributed by atoms with Crippen molar-refractivity contribution >= 4 is 17.2 Å². The van der Waals surface area contributed by atoms with E-state index in [-0.39, 0.29) is 5.84 Å². The normalized spacial score (nSPS) is 16.3. The fraction of sp³-hybridized carbons (Fsp3) is 0.500. The minimum atomic E-state index is 0.197. The molecule has 0 radical (unpaired) electrons. The Kier molecular flexibility index (Phi) is 1.84. The SMILES string of the molecule is N=C(N)Cc1csc(C2CC2)n1. The molecule has 0 saturated heterocycles. The average Bonchev–Trinajstić information content (AvgIpc) is 2.73. The molecule has 3 nitrogen and oxygen atoms in total. The van der Waals surface area contributed by atoms with Gasteiger partial charge in [-0.1, -0.05) is 0 Å². The van der Waals surface area contributed by atoms with Gasteiger partial charge in [-0.05, 0) is 12.8 Å². The molecule has 0 aliphatic heterocycles. The lowest BCUT2D eigenvalue weighted by atomic mass is 10.3. The highest BCUT2D eigenvalue weighted by molar-refractivity contribution is 7.09. The molecule has 1 fully saturated rings. The van der Waals surface area contributed by atoms with Crippen LogP contribution < -0.4 is 5.73 Å².